The van der Waals surface area contributed by atoms with Crippen molar-refractivity contribution in [3.05, 3.63) is 29.8 Å². The minimum Gasteiger partial charge on any atom is -0.347 e. The Morgan fingerprint density at radius 3 is 2.35 bits per heavy atom. The number of hydrogen-bond donors (Lipinski definition) is 2. The van der Waals surface area contributed by atoms with E-state index < -0.39 is 0 Å². The van der Waals surface area contributed by atoms with E-state index in [0.717, 1.165) is 6.42 Å². The van der Waals surface area contributed by atoms with E-state index in [1.807, 2.05) is 34.6 Å². The molecular formula is C16H24N2O2. The molecule has 20 heavy (non-hydrogen) atoms. The van der Waals surface area contributed by atoms with Gasteiger partial charge in [-0.1, -0.05) is 26.0 Å². The molecule has 0 radical (unpaired) electrons. The lowest BCUT2D eigenvalue weighted by molar-refractivity contribution is -0.119. The van der Waals surface area contributed by atoms with Crippen LogP contribution in [0.15, 0.2) is 24.3 Å². The van der Waals surface area contributed by atoms with Crippen molar-refractivity contribution in [1.29, 1.82) is 0 Å². The molecule has 0 spiro atoms. The summed E-state index contributed by atoms with van der Waals surface area (Å²) in [6.45, 7) is 9.59. The van der Waals surface area contributed by atoms with E-state index in [1.54, 1.807) is 24.3 Å². The van der Waals surface area contributed by atoms with Crippen LogP contribution in [0, 0.1) is 5.92 Å². The number of hydrogen-bond acceptors (Lipinski definition) is 2. The second-order valence-electron chi connectivity index (χ2n) is 6.05. The number of benzene rings is 1. The molecule has 1 unspecified atom stereocenters. The largest absolute Gasteiger partial charge is 0.347 e. The van der Waals surface area contributed by atoms with Gasteiger partial charge >= 0.3 is 0 Å². The van der Waals surface area contributed by atoms with E-state index in [-0.39, 0.29) is 23.3 Å². The van der Waals surface area contributed by atoms with Gasteiger partial charge in [-0.3, -0.25) is 9.59 Å². The standard InChI is InChI=1S/C16H24N2O2/c1-6-11(2)14(19)17-13-10-8-7-9-12(13)15(20)18-16(3,4)5/h7-11H,6H2,1-5H3,(H,17,19)(H,18,20). The fraction of sp³-hybridized carbons (Fsp3) is 0.500. The van der Waals surface area contributed by atoms with Gasteiger partial charge in [0, 0.05) is 11.5 Å². The van der Waals surface area contributed by atoms with Crippen molar-refractivity contribution < 1.29 is 9.59 Å². The van der Waals surface area contributed by atoms with Gasteiger partial charge in [-0.05, 0) is 39.3 Å². The summed E-state index contributed by atoms with van der Waals surface area (Å²) in [6.07, 6.45) is 0.766. The molecule has 0 aromatic heterocycles. The first-order valence-corrected chi connectivity index (χ1v) is 6.97. The van der Waals surface area contributed by atoms with Crippen LogP contribution < -0.4 is 10.6 Å². The van der Waals surface area contributed by atoms with Crippen LogP contribution in [-0.2, 0) is 4.79 Å². The van der Waals surface area contributed by atoms with Crippen LogP contribution >= 0.6 is 0 Å². The highest BCUT2D eigenvalue weighted by Crippen LogP contribution is 2.17. The molecule has 0 saturated heterocycles. The fourth-order valence-electron chi connectivity index (χ4n) is 1.64. The minimum atomic E-state index is -0.315. The number of carbonyl (C=O) groups is 2. The Hall–Kier alpha value is -1.84. The van der Waals surface area contributed by atoms with Crippen LogP contribution in [0.5, 0.6) is 0 Å². The maximum Gasteiger partial charge on any atom is 0.253 e. The van der Waals surface area contributed by atoms with E-state index in [9.17, 15) is 9.59 Å². The topological polar surface area (TPSA) is 58.2 Å². The summed E-state index contributed by atoms with van der Waals surface area (Å²) in [5, 5.41) is 5.73. The van der Waals surface area contributed by atoms with Gasteiger partial charge in [-0.15, -0.1) is 0 Å². The molecule has 1 rings (SSSR count). The number of rotatable bonds is 4. The lowest BCUT2D eigenvalue weighted by Crippen LogP contribution is -2.41. The molecule has 4 nitrogen and oxygen atoms in total. The molecule has 1 aromatic carbocycles. The SMILES string of the molecule is CCC(C)C(=O)Nc1ccccc1C(=O)NC(C)(C)C. The summed E-state index contributed by atoms with van der Waals surface area (Å²) in [5.74, 6) is -0.324. The summed E-state index contributed by atoms with van der Waals surface area (Å²) in [6, 6.07) is 7.06. The van der Waals surface area contributed by atoms with Crippen molar-refractivity contribution in [3.63, 3.8) is 0 Å². The third kappa shape index (κ3) is 4.68. The van der Waals surface area contributed by atoms with Crippen LogP contribution in [0.1, 0.15) is 51.4 Å². The van der Waals surface area contributed by atoms with Crippen molar-refractivity contribution in [2.24, 2.45) is 5.92 Å². The molecule has 4 heteroatoms. The highest BCUT2D eigenvalue weighted by molar-refractivity contribution is 6.04. The molecule has 2 amide bonds. The van der Waals surface area contributed by atoms with Gasteiger partial charge in [0.15, 0.2) is 0 Å². The average molecular weight is 276 g/mol. The predicted octanol–water partition coefficient (Wildman–Crippen LogP) is 3.20. The summed E-state index contributed by atoms with van der Waals surface area (Å²) in [7, 11) is 0. The van der Waals surface area contributed by atoms with Crippen LogP contribution in [-0.4, -0.2) is 17.4 Å². The highest BCUT2D eigenvalue weighted by atomic mass is 16.2. The smallest absolute Gasteiger partial charge is 0.253 e. The lowest BCUT2D eigenvalue weighted by atomic mass is 10.1. The van der Waals surface area contributed by atoms with Crippen molar-refractivity contribution in [1.82, 2.24) is 5.32 Å². The number of anilines is 1. The molecule has 0 aliphatic heterocycles. The molecule has 110 valence electrons. The van der Waals surface area contributed by atoms with Crippen LogP contribution in [0.4, 0.5) is 5.69 Å². The molecule has 0 bridgehead atoms. The second kappa shape index (κ2) is 6.55. The van der Waals surface area contributed by atoms with E-state index in [0.29, 0.717) is 11.3 Å². The first kappa shape index (κ1) is 16.2. The zero-order valence-corrected chi connectivity index (χ0v) is 12.9. The molecule has 0 aliphatic rings. The molecule has 0 aliphatic carbocycles. The summed E-state index contributed by atoms with van der Waals surface area (Å²) in [5.41, 5.74) is 0.726. The van der Waals surface area contributed by atoms with Crippen molar-refractivity contribution in [2.45, 2.75) is 46.6 Å². The van der Waals surface area contributed by atoms with Gasteiger partial charge in [0.25, 0.3) is 5.91 Å². The maximum absolute atomic E-state index is 12.2. The molecule has 0 fully saturated rings. The highest BCUT2D eigenvalue weighted by Gasteiger charge is 2.19. The third-order valence-corrected chi connectivity index (χ3v) is 2.98. The van der Waals surface area contributed by atoms with E-state index >= 15 is 0 Å². The van der Waals surface area contributed by atoms with Crippen LogP contribution in [0.2, 0.25) is 0 Å². The maximum atomic E-state index is 12.2. The van der Waals surface area contributed by atoms with Gasteiger partial charge in [-0.2, -0.15) is 0 Å². The molecular weight excluding hydrogens is 252 g/mol. The average Bonchev–Trinajstić information content (AvgIpc) is 2.36. The Morgan fingerprint density at radius 2 is 1.80 bits per heavy atom. The molecule has 0 heterocycles. The van der Waals surface area contributed by atoms with Gasteiger partial charge in [0.2, 0.25) is 5.91 Å². The Kier molecular flexibility index (Phi) is 5.31. The van der Waals surface area contributed by atoms with E-state index in [2.05, 4.69) is 10.6 Å². The lowest BCUT2D eigenvalue weighted by Gasteiger charge is -2.21. The van der Waals surface area contributed by atoms with Gasteiger partial charge in [-0.25, -0.2) is 0 Å². The van der Waals surface area contributed by atoms with Crippen LogP contribution in [0.25, 0.3) is 0 Å². The van der Waals surface area contributed by atoms with Gasteiger partial charge in [0.1, 0.15) is 0 Å². The fourth-order valence-corrected chi connectivity index (χ4v) is 1.64. The quantitative estimate of drug-likeness (QED) is 0.887. The normalized spacial score (nSPS) is 12.7. The molecule has 0 saturated carbocycles. The van der Waals surface area contributed by atoms with Gasteiger partial charge in [0.05, 0.1) is 11.3 Å². The first-order chi connectivity index (χ1) is 9.24. The molecule has 1 aromatic rings. The van der Waals surface area contributed by atoms with Crippen molar-refractivity contribution >= 4 is 17.5 Å². The zero-order valence-electron chi connectivity index (χ0n) is 12.9. The Morgan fingerprint density at radius 1 is 1.20 bits per heavy atom. The van der Waals surface area contributed by atoms with E-state index in [1.165, 1.54) is 0 Å². The monoisotopic (exact) mass is 276 g/mol. The Labute approximate surface area is 121 Å². The number of nitrogens with one attached hydrogen (secondary N) is 2. The van der Waals surface area contributed by atoms with E-state index in [4.69, 9.17) is 0 Å². The minimum absolute atomic E-state index is 0.0662. The van der Waals surface area contributed by atoms with Crippen molar-refractivity contribution in [2.75, 3.05) is 5.32 Å². The Bertz CT molecular complexity index is 489. The predicted molar refractivity (Wildman–Crippen MR) is 81.7 cm³/mol. The summed E-state index contributed by atoms with van der Waals surface area (Å²) >= 11 is 0. The molecule has 1 atom stereocenters. The zero-order chi connectivity index (χ0) is 15.3. The van der Waals surface area contributed by atoms with Crippen LogP contribution in [0.3, 0.4) is 0 Å². The first-order valence-electron chi connectivity index (χ1n) is 6.97. The second-order valence-corrected chi connectivity index (χ2v) is 6.05. The summed E-state index contributed by atoms with van der Waals surface area (Å²) < 4.78 is 0. The molecule has 2 N–H and O–H groups in total. The number of para-hydroxylation sites is 1. The van der Waals surface area contributed by atoms with Crippen molar-refractivity contribution in [3.8, 4) is 0 Å². The Balaban J connectivity index is 2.94. The third-order valence-electron chi connectivity index (χ3n) is 2.98. The summed E-state index contributed by atoms with van der Waals surface area (Å²) in [4.78, 5) is 24.2. The number of carbonyl (C=O) groups excluding carboxylic acids is 2. The van der Waals surface area contributed by atoms with Gasteiger partial charge < -0.3 is 10.6 Å². The number of amides is 2.